The molecular weight excluding hydrogens is 412 g/mol. The zero-order valence-corrected chi connectivity index (χ0v) is 20.1. The van der Waals surface area contributed by atoms with Crippen molar-refractivity contribution in [3.63, 3.8) is 0 Å². The predicted octanol–water partition coefficient (Wildman–Crippen LogP) is 7.01. The second-order valence-electron chi connectivity index (χ2n) is 8.88. The Morgan fingerprint density at radius 3 is 1.64 bits per heavy atom. The van der Waals surface area contributed by atoms with Crippen molar-refractivity contribution in [2.45, 2.75) is 53.4 Å². The van der Waals surface area contributed by atoms with E-state index < -0.39 is 11.9 Å². The van der Waals surface area contributed by atoms with Gasteiger partial charge in [-0.25, -0.2) is 9.59 Å². The topological polar surface area (TPSA) is 52.6 Å². The normalized spacial score (nSPS) is 11.0. The summed E-state index contributed by atoms with van der Waals surface area (Å²) in [6.45, 7) is 10.5. The van der Waals surface area contributed by atoms with Gasteiger partial charge >= 0.3 is 11.9 Å². The Kier molecular flexibility index (Phi) is 8.05. The van der Waals surface area contributed by atoms with Crippen LogP contribution in [0.1, 0.15) is 77.9 Å². The molecule has 0 radical (unpaired) electrons. The zero-order valence-electron chi connectivity index (χ0n) is 20.1. The first-order valence-electron chi connectivity index (χ1n) is 11.5. The molecule has 0 heterocycles. The molecular formula is C29H32O4. The molecule has 33 heavy (non-hydrogen) atoms. The van der Waals surface area contributed by atoms with Crippen molar-refractivity contribution in [2.75, 3.05) is 0 Å². The van der Waals surface area contributed by atoms with Gasteiger partial charge < -0.3 is 9.47 Å². The van der Waals surface area contributed by atoms with Crippen molar-refractivity contribution in [2.24, 2.45) is 5.92 Å². The van der Waals surface area contributed by atoms with Gasteiger partial charge in [-0.3, -0.25) is 0 Å². The van der Waals surface area contributed by atoms with E-state index in [1.165, 1.54) is 0 Å². The number of hydrogen-bond acceptors (Lipinski definition) is 4. The minimum atomic E-state index is -0.478. The van der Waals surface area contributed by atoms with Gasteiger partial charge in [-0.2, -0.15) is 0 Å². The Balaban J connectivity index is 2.17. The minimum absolute atomic E-state index is 0.0670. The molecule has 0 N–H and O–H groups in total. The maximum Gasteiger partial charge on any atom is 0.343 e. The highest BCUT2D eigenvalue weighted by Crippen LogP contribution is 2.43. The number of carbonyl (C=O) groups is 2. The van der Waals surface area contributed by atoms with Crippen molar-refractivity contribution >= 4 is 11.9 Å². The molecule has 0 atom stereocenters. The molecule has 0 fully saturated rings. The SMILES string of the molecule is CCc1cc(CC(C)C)c(C(C)C)c(OC(=O)c2ccccc2)c1OC(=O)c1ccccc1. The highest BCUT2D eigenvalue weighted by molar-refractivity contribution is 5.93. The lowest BCUT2D eigenvalue weighted by atomic mass is 9.88. The Hall–Kier alpha value is -3.40. The maximum atomic E-state index is 13.1. The summed E-state index contributed by atoms with van der Waals surface area (Å²) >= 11 is 0. The van der Waals surface area contributed by atoms with Gasteiger partial charge in [-0.05, 0) is 60.1 Å². The van der Waals surface area contributed by atoms with Crippen LogP contribution in [0.5, 0.6) is 11.5 Å². The van der Waals surface area contributed by atoms with Gasteiger partial charge in [-0.1, -0.05) is 77.1 Å². The average molecular weight is 445 g/mol. The lowest BCUT2D eigenvalue weighted by Gasteiger charge is -2.24. The van der Waals surface area contributed by atoms with Crippen LogP contribution in [-0.4, -0.2) is 11.9 Å². The van der Waals surface area contributed by atoms with Gasteiger partial charge in [0.1, 0.15) is 0 Å². The summed E-state index contributed by atoms with van der Waals surface area (Å²) in [5, 5.41) is 0. The fourth-order valence-electron chi connectivity index (χ4n) is 3.94. The Morgan fingerprint density at radius 1 is 0.727 bits per heavy atom. The summed E-state index contributed by atoms with van der Waals surface area (Å²) < 4.78 is 11.9. The molecule has 0 bridgehead atoms. The van der Waals surface area contributed by atoms with E-state index in [2.05, 4.69) is 33.8 Å². The number of benzene rings is 3. The molecule has 0 saturated carbocycles. The number of carbonyl (C=O) groups excluding carboxylic acids is 2. The van der Waals surface area contributed by atoms with E-state index in [1.54, 1.807) is 48.5 Å². The number of ether oxygens (including phenoxy) is 2. The molecule has 0 aliphatic rings. The highest BCUT2D eigenvalue weighted by Gasteiger charge is 2.27. The Morgan fingerprint density at radius 2 is 1.21 bits per heavy atom. The second-order valence-corrected chi connectivity index (χ2v) is 8.88. The monoisotopic (exact) mass is 444 g/mol. The number of esters is 2. The van der Waals surface area contributed by atoms with Crippen molar-refractivity contribution < 1.29 is 19.1 Å². The van der Waals surface area contributed by atoms with Crippen LogP contribution in [0, 0.1) is 5.92 Å². The molecule has 0 aliphatic carbocycles. The fourth-order valence-corrected chi connectivity index (χ4v) is 3.94. The number of aryl methyl sites for hydroxylation is 1. The van der Waals surface area contributed by atoms with Crippen LogP contribution in [0.3, 0.4) is 0 Å². The summed E-state index contributed by atoms with van der Waals surface area (Å²) in [7, 11) is 0. The minimum Gasteiger partial charge on any atom is -0.419 e. The molecule has 0 spiro atoms. The molecule has 3 aromatic rings. The van der Waals surface area contributed by atoms with Crippen LogP contribution in [0.15, 0.2) is 66.7 Å². The Labute approximate surface area is 196 Å². The van der Waals surface area contributed by atoms with Crippen molar-refractivity contribution in [1.29, 1.82) is 0 Å². The maximum absolute atomic E-state index is 13.1. The first kappa shape index (κ1) is 24.2. The van der Waals surface area contributed by atoms with Crippen molar-refractivity contribution in [3.8, 4) is 11.5 Å². The van der Waals surface area contributed by atoms with E-state index >= 15 is 0 Å². The summed E-state index contributed by atoms with van der Waals surface area (Å²) in [6.07, 6.45) is 1.47. The quantitative estimate of drug-likeness (QED) is 0.277. The van der Waals surface area contributed by atoms with Gasteiger partial charge in [0, 0.05) is 5.56 Å². The van der Waals surface area contributed by atoms with Gasteiger partial charge in [0.05, 0.1) is 11.1 Å². The predicted molar refractivity (Wildman–Crippen MR) is 131 cm³/mol. The molecule has 0 saturated heterocycles. The van der Waals surface area contributed by atoms with Gasteiger partial charge in [-0.15, -0.1) is 0 Å². The third-order valence-corrected chi connectivity index (χ3v) is 5.43. The van der Waals surface area contributed by atoms with Gasteiger partial charge in [0.25, 0.3) is 0 Å². The van der Waals surface area contributed by atoms with E-state index in [1.807, 2.05) is 19.1 Å². The molecule has 4 nitrogen and oxygen atoms in total. The molecule has 4 heteroatoms. The summed E-state index contributed by atoms with van der Waals surface area (Å²) in [5.41, 5.74) is 3.75. The lowest BCUT2D eigenvalue weighted by molar-refractivity contribution is 0.0679. The second kappa shape index (κ2) is 11.0. The van der Waals surface area contributed by atoms with Crippen LogP contribution >= 0.6 is 0 Å². The fraction of sp³-hybridized carbons (Fsp3) is 0.310. The Bertz CT molecular complexity index is 1100. The van der Waals surface area contributed by atoms with Gasteiger partial charge in [0.2, 0.25) is 0 Å². The largest absolute Gasteiger partial charge is 0.419 e. The summed E-state index contributed by atoms with van der Waals surface area (Å²) in [4.78, 5) is 26.0. The molecule has 0 unspecified atom stereocenters. The van der Waals surface area contributed by atoms with E-state index in [0.29, 0.717) is 35.0 Å². The van der Waals surface area contributed by atoms with E-state index in [9.17, 15) is 9.59 Å². The smallest absolute Gasteiger partial charge is 0.343 e. The number of rotatable bonds is 8. The average Bonchev–Trinajstić information content (AvgIpc) is 2.80. The van der Waals surface area contributed by atoms with Crippen LogP contribution in [-0.2, 0) is 12.8 Å². The molecule has 172 valence electrons. The first-order valence-corrected chi connectivity index (χ1v) is 11.5. The van der Waals surface area contributed by atoms with E-state index in [-0.39, 0.29) is 5.92 Å². The van der Waals surface area contributed by atoms with Gasteiger partial charge in [0.15, 0.2) is 11.5 Å². The van der Waals surface area contributed by atoms with E-state index in [0.717, 1.165) is 23.1 Å². The lowest BCUT2D eigenvalue weighted by Crippen LogP contribution is -2.17. The van der Waals surface area contributed by atoms with E-state index in [4.69, 9.17) is 9.47 Å². The van der Waals surface area contributed by atoms with Crippen LogP contribution in [0.25, 0.3) is 0 Å². The third-order valence-electron chi connectivity index (χ3n) is 5.43. The van der Waals surface area contributed by atoms with Crippen LogP contribution < -0.4 is 9.47 Å². The molecule has 0 aliphatic heterocycles. The van der Waals surface area contributed by atoms with Crippen molar-refractivity contribution in [3.05, 3.63) is 94.5 Å². The number of hydrogen-bond donors (Lipinski definition) is 0. The first-order chi connectivity index (χ1) is 15.8. The molecule has 0 amide bonds. The summed E-state index contributed by atoms with van der Waals surface area (Å²) in [5.74, 6) is 0.205. The van der Waals surface area contributed by atoms with Crippen LogP contribution in [0.2, 0.25) is 0 Å². The summed E-state index contributed by atoms with van der Waals surface area (Å²) in [6, 6.07) is 19.8. The van der Waals surface area contributed by atoms with Crippen LogP contribution in [0.4, 0.5) is 0 Å². The third kappa shape index (κ3) is 5.89. The molecule has 3 rings (SSSR count). The molecule has 0 aromatic heterocycles. The highest BCUT2D eigenvalue weighted by atomic mass is 16.6. The van der Waals surface area contributed by atoms with Crippen molar-refractivity contribution in [1.82, 2.24) is 0 Å². The standard InChI is InChI=1S/C29H32O4/c1-6-21-18-24(17-19(2)3)25(20(4)5)27(33-29(31)23-15-11-8-12-16-23)26(21)32-28(30)22-13-9-7-10-14-22/h7-16,18-20H,6,17H2,1-5H3. The zero-order chi connectivity index (χ0) is 24.0. The molecule has 3 aromatic carbocycles.